The van der Waals surface area contributed by atoms with Gasteiger partial charge in [0.1, 0.15) is 5.69 Å². The van der Waals surface area contributed by atoms with Crippen LogP contribution in [0.5, 0.6) is 0 Å². The fraction of sp³-hybridized carbons (Fsp3) is 0.250. The van der Waals surface area contributed by atoms with Gasteiger partial charge in [-0.15, -0.1) is 6.42 Å². The van der Waals surface area contributed by atoms with Crippen molar-refractivity contribution in [1.29, 1.82) is 0 Å². The van der Waals surface area contributed by atoms with E-state index in [-0.39, 0.29) is 17.3 Å². The molecular formula is C12H12N2O3. The second-order valence-electron chi connectivity index (χ2n) is 3.34. The third-order valence-electron chi connectivity index (χ3n) is 2.16. The van der Waals surface area contributed by atoms with Gasteiger partial charge in [-0.2, -0.15) is 0 Å². The number of hydrogen-bond donors (Lipinski definition) is 2. The maximum Gasteiger partial charge on any atom is 0.337 e. The fourth-order valence-corrected chi connectivity index (χ4v) is 1.15. The van der Waals surface area contributed by atoms with Gasteiger partial charge in [0, 0.05) is 6.20 Å². The SMILES string of the molecule is C#CC(CC)NC(=O)c1ccc(C(=O)O)cn1. The Morgan fingerprint density at radius 1 is 1.59 bits per heavy atom. The van der Waals surface area contributed by atoms with Gasteiger partial charge in [0.15, 0.2) is 0 Å². The van der Waals surface area contributed by atoms with Crippen molar-refractivity contribution in [3.05, 3.63) is 29.6 Å². The molecule has 2 N–H and O–H groups in total. The van der Waals surface area contributed by atoms with Crippen molar-refractivity contribution < 1.29 is 14.7 Å². The van der Waals surface area contributed by atoms with Crippen LogP contribution in [0, 0.1) is 12.3 Å². The van der Waals surface area contributed by atoms with Crippen molar-refractivity contribution in [3.8, 4) is 12.3 Å². The molecule has 5 heteroatoms. The van der Waals surface area contributed by atoms with E-state index < -0.39 is 11.9 Å². The maximum atomic E-state index is 11.6. The molecule has 1 amide bonds. The average Bonchev–Trinajstić information content (AvgIpc) is 2.35. The first-order chi connectivity index (χ1) is 8.08. The number of aromatic carboxylic acids is 1. The molecule has 1 aromatic heterocycles. The summed E-state index contributed by atoms with van der Waals surface area (Å²) in [6.07, 6.45) is 6.96. The van der Waals surface area contributed by atoms with Crippen molar-refractivity contribution in [2.24, 2.45) is 0 Å². The number of terminal acetylenes is 1. The maximum absolute atomic E-state index is 11.6. The van der Waals surface area contributed by atoms with Gasteiger partial charge in [0.2, 0.25) is 0 Å². The van der Waals surface area contributed by atoms with Gasteiger partial charge in [-0.1, -0.05) is 12.8 Å². The van der Waals surface area contributed by atoms with Crippen LogP contribution in [0.4, 0.5) is 0 Å². The van der Waals surface area contributed by atoms with Gasteiger partial charge in [-0.25, -0.2) is 4.79 Å². The van der Waals surface area contributed by atoms with Gasteiger partial charge in [0.05, 0.1) is 11.6 Å². The normalized spacial score (nSPS) is 11.3. The second-order valence-corrected chi connectivity index (χ2v) is 3.34. The molecule has 0 spiro atoms. The fourth-order valence-electron chi connectivity index (χ4n) is 1.15. The molecule has 0 saturated heterocycles. The summed E-state index contributed by atoms with van der Waals surface area (Å²) in [6.45, 7) is 1.85. The number of pyridine rings is 1. The molecule has 0 aliphatic rings. The van der Waals surface area contributed by atoms with Crippen molar-refractivity contribution in [1.82, 2.24) is 10.3 Å². The van der Waals surface area contributed by atoms with Crippen molar-refractivity contribution in [3.63, 3.8) is 0 Å². The van der Waals surface area contributed by atoms with E-state index in [1.165, 1.54) is 12.1 Å². The van der Waals surface area contributed by atoms with Gasteiger partial charge < -0.3 is 10.4 Å². The lowest BCUT2D eigenvalue weighted by atomic mass is 10.2. The standard InChI is InChI=1S/C12H12N2O3/c1-3-9(4-2)14-11(15)10-6-5-8(7-13-10)12(16)17/h1,5-7,9H,4H2,2H3,(H,14,15)(H,16,17). The number of aromatic nitrogens is 1. The quantitative estimate of drug-likeness (QED) is 0.756. The van der Waals surface area contributed by atoms with E-state index >= 15 is 0 Å². The smallest absolute Gasteiger partial charge is 0.337 e. The number of nitrogens with one attached hydrogen (secondary N) is 1. The first-order valence-electron chi connectivity index (χ1n) is 5.04. The monoisotopic (exact) mass is 232 g/mol. The first-order valence-corrected chi connectivity index (χ1v) is 5.04. The lowest BCUT2D eigenvalue weighted by molar-refractivity contribution is 0.0695. The topological polar surface area (TPSA) is 79.3 Å². The van der Waals surface area contributed by atoms with Crippen LogP contribution in [-0.2, 0) is 0 Å². The molecule has 1 aromatic rings. The van der Waals surface area contributed by atoms with E-state index in [1.54, 1.807) is 0 Å². The third kappa shape index (κ3) is 3.31. The van der Waals surface area contributed by atoms with Crippen LogP contribution < -0.4 is 5.32 Å². The number of carbonyl (C=O) groups excluding carboxylic acids is 1. The summed E-state index contributed by atoms with van der Waals surface area (Å²) in [5.74, 6) is 0.934. The zero-order valence-corrected chi connectivity index (χ0v) is 9.30. The minimum Gasteiger partial charge on any atom is -0.478 e. The highest BCUT2D eigenvalue weighted by Gasteiger charge is 2.12. The van der Waals surface area contributed by atoms with E-state index in [4.69, 9.17) is 11.5 Å². The van der Waals surface area contributed by atoms with Gasteiger partial charge in [-0.05, 0) is 18.6 Å². The number of carboxylic acids is 1. The van der Waals surface area contributed by atoms with Crippen LogP contribution in [0.15, 0.2) is 18.3 Å². The lowest BCUT2D eigenvalue weighted by Gasteiger charge is -2.09. The molecule has 1 heterocycles. The summed E-state index contributed by atoms with van der Waals surface area (Å²) in [6, 6.07) is 2.33. The van der Waals surface area contributed by atoms with E-state index in [0.29, 0.717) is 6.42 Å². The van der Waals surface area contributed by atoms with Crippen LogP contribution >= 0.6 is 0 Å². The Hall–Kier alpha value is -2.35. The molecule has 1 atom stereocenters. The Morgan fingerprint density at radius 2 is 2.29 bits per heavy atom. The Kier molecular flexibility index (Phi) is 4.23. The molecule has 5 nitrogen and oxygen atoms in total. The minimum absolute atomic E-state index is 0.0329. The molecule has 0 radical (unpaired) electrons. The molecule has 0 bridgehead atoms. The number of carboxylic acid groups (broad SMARTS) is 1. The second kappa shape index (κ2) is 5.66. The summed E-state index contributed by atoms with van der Waals surface area (Å²) in [4.78, 5) is 26.0. The highest BCUT2D eigenvalue weighted by Crippen LogP contribution is 2.01. The molecule has 17 heavy (non-hydrogen) atoms. The Bertz CT molecular complexity index is 460. The highest BCUT2D eigenvalue weighted by molar-refractivity contribution is 5.94. The Labute approximate surface area is 98.9 Å². The molecule has 1 unspecified atom stereocenters. The van der Waals surface area contributed by atoms with Crippen molar-refractivity contribution in [2.75, 3.05) is 0 Å². The first kappa shape index (κ1) is 12.7. The molecule has 0 aliphatic carbocycles. The molecule has 88 valence electrons. The average molecular weight is 232 g/mol. The molecule has 0 aromatic carbocycles. The molecule has 0 aliphatic heterocycles. The predicted octanol–water partition coefficient (Wildman–Crippen LogP) is 0.921. The van der Waals surface area contributed by atoms with Crippen LogP contribution in [0.3, 0.4) is 0 Å². The Morgan fingerprint density at radius 3 is 2.71 bits per heavy atom. The van der Waals surface area contributed by atoms with Crippen LogP contribution in [0.1, 0.15) is 34.2 Å². The number of nitrogens with zero attached hydrogens (tertiary/aromatic N) is 1. The molecule has 1 rings (SSSR count). The predicted molar refractivity (Wildman–Crippen MR) is 61.6 cm³/mol. The van der Waals surface area contributed by atoms with E-state index in [9.17, 15) is 9.59 Å². The van der Waals surface area contributed by atoms with Gasteiger partial charge in [0.25, 0.3) is 5.91 Å². The summed E-state index contributed by atoms with van der Waals surface area (Å²) in [7, 11) is 0. The van der Waals surface area contributed by atoms with Crippen molar-refractivity contribution in [2.45, 2.75) is 19.4 Å². The van der Waals surface area contributed by atoms with Crippen LogP contribution in [-0.4, -0.2) is 28.0 Å². The number of amides is 1. The summed E-state index contributed by atoms with van der Waals surface area (Å²) < 4.78 is 0. The van der Waals surface area contributed by atoms with Crippen LogP contribution in [0.25, 0.3) is 0 Å². The van der Waals surface area contributed by atoms with E-state index in [2.05, 4.69) is 16.2 Å². The third-order valence-corrected chi connectivity index (χ3v) is 2.16. The summed E-state index contributed by atoms with van der Waals surface area (Å²) >= 11 is 0. The zero-order chi connectivity index (χ0) is 12.8. The number of carbonyl (C=O) groups is 2. The molecule has 0 saturated carbocycles. The number of rotatable bonds is 4. The molecular weight excluding hydrogens is 220 g/mol. The molecule has 0 fully saturated rings. The summed E-state index contributed by atoms with van der Waals surface area (Å²) in [5.41, 5.74) is 0.175. The van der Waals surface area contributed by atoms with Gasteiger partial charge in [-0.3, -0.25) is 9.78 Å². The van der Waals surface area contributed by atoms with E-state index in [0.717, 1.165) is 6.20 Å². The number of hydrogen-bond acceptors (Lipinski definition) is 3. The summed E-state index contributed by atoms with van der Waals surface area (Å²) in [5, 5.41) is 11.3. The highest BCUT2D eigenvalue weighted by atomic mass is 16.4. The lowest BCUT2D eigenvalue weighted by Crippen LogP contribution is -2.33. The van der Waals surface area contributed by atoms with Gasteiger partial charge >= 0.3 is 5.97 Å². The van der Waals surface area contributed by atoms with Crippen LogP contribution in [0.2, 0.25) is 0 Å². The zero-order valence-electron chi connectivity index (χ0n) is 9.30. The van der Waals surface area contributed by atoms with E-state index in [1.807, 2.05) is 6.92 Å². The Balaban J connectivity index is 2.77. The minimum atomic E-state index is -1.08. The van der Waals surface area contributed by atoms with Crippen molar-refractivity contribution >= 4 is 11.9 Å². The largest absolute Gasteiger partial charge is 0.478 e.